The minimum atomic E-state index is -0.316. The number of ether oxygens (including phenoxy) is 2. The van der Waals surface area contributed by atoms with E-state index in [1.54, 1.807) is 6.08 Å². The number of esters is 1. The van der Waals surface area contributed by atoms with Crippen molar-refractivity contribution < 1.29 is 14.3 Å². The number of carbonyl (C=O) groups is 1. The summed E-state index contributed by atoms with van der Waals surface area (Å²) in [4.78, 5) is 10.7. The van der Waals surface area contributed by atoms with Crippen LogP contribution < -0.4 is 0 Å². The van der Waals surface area contributed by atoms with Gasteiger partial charge in [-0.05, 0) is 25.3 Å². The van der Waals surface area contributed by atoms with Gasteiger partial charge < -0.3 is 9.47 Å². The van der Waals surface area contributed by atoms with E-state index in [-0.39, 0.29) is 12.1 Å². The van der Waals surface area contributed by atoms with Crippen LogP contribution in [0.4, 0.5) is 0 Å². The Kier molecular flexibility index (Phi) is 3.80. The molecule has 68 valence electrons. The van der Waals surface area contributed by atoms with E-state index in [1.807, 2.05) is 0 Å². The smallest absolute Gasteiger partial charge is 0.330 e. The fraction of sp³-hybridized carbons (Fsp3) is 0.667. The van der Waals surface area contributed by atoms with Gasteiger partial charge in [-0.1, -0.05) is 0 Å². The average Bonchev–Trinajstić information content (AvgIpc) is 2.16. The van der Waals surface area contributed by atoms with Crippen LogP contribution in [-0.2, 0) is 14.3 Å². The van der Waals surface area contributed by atoms with Gasteiger partial charge in [0.05, 0.1) is 13.2 Å². The summed E-state index contributed by atoms with van der Waals surface area (Å²) in [6.45, 7) is 0.802. The Bertz CT molecular complexity index is 169. The Hall–Kier alpha value is -0.830. The first-order valence-corrected chi connectivity index (χ1v) is 4.20. The topological polar surface area (TPSA) is 35.5 Å². The molecule has 0 N–H and O–H groups in total. The fourth-order valence-electron chi connectivity index (χ4n) is 1.17. The van der Waals surface area contributed by atoms with Crippen molar-refractivity contribution in [2.24, 2.45) is 0 Å². The van der Waals surface area contributed by atoms with Crippen molar-refractivity contribution in [1.82, 2.24) is 0 Å². The van der Waals surface area contributed by atoms with Crippen molar-refractivity contribution in [3.05, 3.63) is 12.2 Å². The normalized spacial score (nSPS) is 24.2. The zero-order valence-corrected chi connectivity index (χ0v) is 7.29. The predicted molar refractivity (Wildman–Crippen MR) is 44.7 cm³/mol. The first-order chi connectivity index (χ1) is 5.83. The van der Waals surface area contributed by atoms with Gasteiger partial charge in [0.25, 0.3) is 0 Å². The lowest BCUT2D eigenvalue weighted by molar-refractivity contribution is -0.134. The minimum absolute atomic E-state index is 0.109. The summed E-state index contributed by atoms with van der Waals surface area (Å²) < 4.78 is 9.84. The summed E-state index contributed by atoms with van der Waals surface area (Å²) in [6.07, 6.45) is 6.62. The molecule has 1 heterocycles. The summed E-state index contributed by atoms with van der Waals surface area (Å²) in [5.41, 5.74) is 0. The van der Waals surface area contributed by atoms with Gasteiger partial charge in [0.1, 0.15) is 0 Å². The minimum Gasteiger partial charge on any atom is -0.466 e. The zero-order chi connectivity index (χ0) is 8.81. The molecule has 0 amide bonds. The van der Waals surface area contributed by atoms with Crippen molar-refractivity contribution in [3.63, 3.8) is 0 Å². The second-order valence-electron chi connectivity index (χ2n) is 2.79. The molecular weight excluding hydrogens is 156 g/mol. The number of carbonyl (C=O) groups excluding carboxylic acids is 1. The van der Waals surface area contributed by atoms with E-state index in [0.29, 0.717) is 0 Å². The van der Waals surface area contributed by atoms with Gasteiger partial charge in [0.15, 0.2) is 0 Å². The lowest BCUT2D eigenvalue weighted by Crippen LogP contribution is -2.16. The highest BCUT2D eigenvalue weighted by molar-refractivity contribution is 5.81. The van der Waals surface area contributed by atoms with Crippen LogP contribution in [0.25, 0.3) is 0 Å². The second kappa shape index (κ2) is 4.93. The molecule has 1 rings (SSSR count). The molecule has 0 aromatic rings. The molecule has 1 fully saturated rings. The molecule has 1 aliphatic heterocycles. The maximum Gasteiger partial charge on any atom is 0.330 e. The summed E-state index contributed by atoms with van der Waals surface area (Å²) in [6, 6.07) is 0. The van der Waals surface area contributed by atoms with Crippen LogP contribution in [0.2, 0.25) is 0 Å². The third-order valence-electron chi connectivity index (χ3n) is 1.86. The average molecular weight is 170 g/mol. The van der Waals surface area contributed by atoms with Crippen LogP contribution in [-0.4, -0.2) is 25.8 Å². The van der Waals surface area contributed by atoms with Gasteiger partial charge in [-0.15, -0.1) is 0 Å². The molecule has 3 nitrogen and oxygen atoms in total. The van der Waals surface area contributed by atoms with Gasteiger partial charge in [-0.2, -0.15) is 0 Å². The molecule has 1 atom stereocenters. The molecule has 1 saturated heterocycles. The Morgan fingerprint density at radius 2 is 2.42 bits per heavy atom. The van der Waals surface area contributed by atoms with Crippen LogP contribution >= 0.6 is 0 Å². The third kappa shape index (κ3) is 3.05. The molecule has 0 saturated carbocycles. The highest BCUT2D eigenvalue weighted by atomic mass is 16.5. The van der Waals surface area contributed by atoms with Gasteiger partial charge >= 0.3 is 5.97 Å². The molecule has 0 aromatic heterocycles. The van der Waals surface area contributed by atoms with Crippen LogP contribution in [0.3, 0.4) is 0 Å². The summed E-state index contributed by atoms with van der Waals surface area (Å²) in [7, 11) is 1.37. The Morgan fingerprint density at radius 1 is 1.58 bits per heavy atom. The van der Waals surface area contributed by atoms with Crippen molar-refractivity contribution >= 4 is 5.97 Å². The first kappa shape index (κ1) is 9.26. The van der Waals surface area contributed by atoms with Crippen molar-refractivity contribution in [3.8, 4) is 0 Å². The second-order valence-corrected chi connectivity index (χ2v) is 2.79. The van der Waals surface area contributed by atoms with E-state index in [4.69, 9.17) is 4.74 Å². The molecule has 0 bridgehead atoms. The van der Waals surface area contributed by atoms with Crippen molar-refractivity contribution in [2.45, 2.75) is 25.4 Å². The molecule has 0 aromatic carbocycles. The van der Waals surface area contributed by atoms with Crippen molar-refractivity contribution in [2.75, 3.05) is 13.7 Å². The summed E-state index contributed by atoms with van der Waals surface area (Å²) >= 11 is 0. The highest BCUT2D eigenvalue weighted by Crippen LogP contribution is 2.13. The standard InChI is InChI=1S/C9H14O3/c1-11-9(10)6-5-8-4-2-3-7-12-8/h5-6,8H,2-4,7H2,1H3/b6-5+. The van der Waals surface area contributed by atoms with E-state index in [9.17, 15) is 4.79 Å². The molecule has 12 heavy (non-hydrogen) atoms. The molecule has 1 unspecified atom stereocenters. The number of hydrogen-bond acceptors (Lipinski definition) is 3. The molecule has 1 aliphatic rings. The Balaban J connectivity index is 2.28. The molecule has 0 radical (unpaired) electrons. The Morgan fingerprint density at radius 3 is 3.00 bits per heavy atom. The lowest BCUT2D eigenvalue weighted by Gasteiger charge is -2.18. The van der Waals surface area contributed by atoms with E-state index in [1.165, 1.54) is 19.6 Å². The maximum absolute atomic E-state index is 10.7. The van der Waals surface area contributed by atoms with E-state index < -0.39 is 0 Å². The maximum atomic E-state index is 10.7. The van der Waals surface area contributed by atoms with Gasteiger partial charge in [-0.3, -0.25) is 0 Å². The highest BCUT2D eigenvalue weighted by Gasteiger charge is 2.10. The number of hydrogen-bond donors (Lipinski definition) is 0. The van der Waals surface area contributed by atoms with Gasteiger partial charge in [0.2, 0.25) is 0 Å². The largest absolute Gasteiger partial charge is 0.466 e. The molecule has 0 spiro atoms. The Labute approximate surface area is 72.4 Å². The fourth-order valence-corrected chi connectivity index (χ4v) is 1.17. The monoisotopic (exact) mass is 170 g/mol. The summed E-state index contributed by atoms with van der Waals surface area (Å²) in [5.74, 6) is -0.316. The predicted octanol–water partition coefficient (Wildman–Crippen LogP) is 1.28. The van der Waals surface area contributed by atoms with Crippen LogP contribution in [0, 0.1) is 0 Å². The van der Waals surface area contributed by atoms with E-state index in [0.717, 1.165) is 19.4 Å². The van der Waals surface area contributed by atoms with E-state index >= 15 is 0 Å². The first-order valence-electron chi connectivity index (χ1n) is 4.20. The number of methoxy groups -OCH3 is 1. The summed E-state index contributed by atoms with van der Waals surface area (Å²) in [5, 5.41) is 0. The molecule has 0 aliphatic carbocycles. The van der Waals surface area contributed by atoms with Crippen LogP contribution in [0.1, 0.15) is 19.3 Å². The van der Waals surface area contributed by atoms with Crippen LogP contribution in [0.5, 0.6) is 0 Å². The SMILES string of the molecule is COC(=O)/C=C/C1CCCCO1. The lowest BCUT2D eigenvalue weighted by atomic mass is 10.1. The van der Waals surface area contributed by atoms with Gasteiger partial charge in [-0.25, -0.2) is 4.79 Å². The van der Waals surface area contributed by atoms with Gasteiger partial charge in [0, 0.05) is 12.7 Å². The van der Waals surface area contributed by atoms with Crippen LogP contribution in [0.15, 0.2) is 12.2 Å². The van der Waals surface area contributed by atoms with E-state index in [2.05, 4.69) is 4.74 Å². The zero-order valence-electron chi connectivity index (χ0n) is 7.29. The molecular formula is C9H14O3. The quantitative estimate of drug-likeness (QED) is 0.462. The number of rotatable bonds is 2. The molecule has 3 heteroatoms. The van der Waals surface area contributed by atoms with Crippen molar-refractivity contribution in [1.29, 1.82) is 0 Å². The third-order valence-corrected chi connectivity index (χ3v) is 1.86.